The molecular formula is C22H24Cl2N9+3. The molecular weight excluding hydrogens is 461 g/mol. The summed E-state index contributed by atoms with van der Waals surface area (Å²) in [5, 5.41) is 0.647. The highest BCUT2D eigenvalue weighted by atomic mass is 35.5. The van der Waals surface area contributed by atoms with Crippen LogP contribution in [-0.4, -0.2) is 19.1 Å². The minimum absolute atomic E-state index is 0.324. The second-order valence-electron chi connectivity index (χ2n) is 7.62. The Morgan fingerprint density at radius 3 is 1.48 bits per heavy atom. The molecule has 0 atom stereocenters. The van der Waals surface area contributed by atoms with Gasteiger partial charge in [0.05, 0.1) is 35.1 Å². The lowest BCUT2D eigenvalue weighted by Gasteiger charge is -2.11. The molecule has 4 aromatic heterocycles. The summed E-state index contributed by atoms with van der Waals surface area (Å²) in [5.41, 5.74) is 27.1. The number of aromatic nitrogens is 4. The van der Waals surface area contributed by atoms with Crippen molar-refractivity contribution < 1.29 is 13.7 Å². The maximum Gasteiger partial charge on any atom is 0.358 e. The van der Waals surface area contributed by atoms with Gasteiger partial charge in [-0.15, -0.1) is 0 Å². The van der Waals surface area contributed by atoms with E-state index in [0.29, 0.717) is 50.1 Å². The normalized spacial score (nSPS) is 10.9. The van der Waals surface area contributed by atoms with Gasteiger partial charge in [0.25, 0.3) is 5.69 Å². The quantitative estimate of drug-likeness (QED) is 0.325. The first-order valence-corrected chi connectivity index (χ1v) is 10.6. The minimum Gasteiger partial charge on any atom is -0.397 e. The van der Waals surface area contributed by atoms with Gasteiger partial charge >= 0.3 is 11.6 Å². The van der Waals surface area contributed by atoms with Crippen LogP contribution in [-0.2, 0) is 0 Å². The molecule has 4 heterocycles. The Labute approximate surface area is 201 Å². The molecule has 0 radical (unpaired) electrons. The number of rotatable bonds is 4. The van der Waals surface area contributed by atoms with Gasteiger partial charge in [-0.05, 0) is 0 Å². The van der Waals surface area contributed by atoms with E-state index in [0.717, 1.165) is 5.69 Å². The maximum atomic E-state index is 6.87. The third kappa shape index (κ3) is 4.15. The fourth-order valence-electron chi connectivity index (χ4n) is 3.25. The molecule has 0 aliphatic carbocycles. The number of hydrogen-bond donors (Lipinski definition) is 4. The molecule has 4 rings (SSSR count). The Morgan fingerprint density at radius 2 is 1.09 bits per heavy atom. The molecule has 9 nitrogen and oxygen atoms in total. The lowest BCUT2D eigenvalue weighted by molar-refractivity contribution is -0.617. The number of nitrogen functional groups attached to an aromatic ring is 4. The molecule has 33 heavy (non-hydrogen) atoms. The summed E-state index contributed by atoms with van der Waals surface area (Å²) in [6, 6.07) is 7.26. The Kier molecular flexibility index (Phi) is 5.84. The summed E-state index contributed by atoms with van der Waals surface area (Å²) >= 11 is 13.7. The minimum atomic E-state index is 0.324. The number of pyridine rings is 4. The third-order valence-electron chi connectivity index (χ3n) is 5.15. The number of hydrogen-bond acceptors (Lipinski definition) is 6. The lowest BCUT2D eigenvalue weighted by atomic mass is 10.3. The molecule has 0 amide bonds. The molecule has 0 unspecified atom stereocenters. The predicted molar refractivity (Wildman–Crippen MR) is 131 cm³/mol. The van der Waals surface area contributed by atoms with Crippen molar-refractivity contribution in [2.24, 2.45) is 0 Å². The molecule has 0 bridgehead atoms. The van der Waals surface area contributed by atoms with Crippen LogP contribution in [0.2, 0.25) is 10.0 Å². The van der Waals surface area contributed by atoms with Crippen LogP contribution in [0.5, 0.6) is 0 Å². The molecule has 11 heteroatoms. The first-order chi connectivity index (χ1) is 15.7. The average molecular weight is 485 g/mol. The zero-order valence-corrected chi connectivity index (χ0v) is 19.6. The van der Waals surface area contributed by atoms with E-state index in [4.69, 9.17) is 51.1 Å². The molecule has 0 fully saturated rings. The summed E-state index contributed by atoms with van der Waals surface area (Å²) in [5.74, 6) is 0.815. The van der Waals surface area contributed by atoms with Crippen molar-refractivity contribution in [3.63, 3.8) is 0 Å². The van der Waals surface area contributed by atoms with Crippen LogP contribution in [0.1, 0.15) is 0 Å². The van der Waals surface area contributed by atoms with Crippen molar-refractivity contribution in [2.75, 3.05) is 41.9 Å². The van der Waals surface area contributed by atoms with Crippen molar-refractivity contribution >= 4 is 51.6 Å². The molecule has 0 spiro atoms. The molecule has 0 saturated heterocycles. The van der Waals surface area contributed by atoms with Crippen LogP contribution >= 0.6 is 23.2 Å². The van der Waals surface area contributed by atoms with Crippen molar-refractivity contribution in [3.05, 3.63) is 71.5 Å². The molecule has 0 aliphatic rings. The Hall–Kier alpha value is -3.82. The predicted octanol–water partition coefficient (Wildman–Crippen LogP) is 1.61. The molecule has 0 aromatic carbocycles. The summed E-state index contributed by atoms with van der Waals surface area (Å²) in [7, 11) is 3.93. The topological polar surface area (TPSA) is 132 Å². The van der Waals surface area contributed by atoms with Gasteiger partial charge in [-0.2, -0.15) is 13.7 Å². The number of nitrogens with zero attached hydrogens (tertiary/aromatic N) is 5. The summed E-state index contributed by atoms with van der Waals surface area (Å²) in [6.45, 7) is 0. The van der Waals surface area contributed by atoms with Gasteiger partial charge in [-0.1, -0.05) is 23.2 Å². The van der Waals surface area contributed by atoms with Crippen LogP contribution in [0.4, 0.5) is 28.4 Å². The van der Waals surface area contributed by atoms with E-state index in [-0.39, 0.29) is 0 Å². The highest BCUT2D eigenvalue weighted by Crippen LogP contribution is 2.31. The van der Waals surface area contributed by atoms with Crippen LogP contribution in [0.25, 0.3) is 17.3 Å². The average Bonchev–Trinajstić information content (AvgIpc) is 2.78. The van der Waals surface area contributed by atoms with Gasteiger partial charge in [-0.25, -0.2) is 0 Å². The second kappa shape index (κ2) is 8.61. The highest BCUT2D eigenvalue weighted by molar-refractivity contribution is 6.38. The van der Waals surface area contributed by atoms with E-state index in [1.165, 1.54) is 0 Å². The van der Waals surface area contributed by atoms with Crippen molar-refractivity contribution in [1.29, 1.82) is 0 Å². The zero-order chi connectivity index (χ0) is 23.9. The van der Waals surface area contributed by atoms with E-state index in [1.807, 2.05) is 48.1 Å². The highest BCUT2D eigenvalue weighted by Gasteiger charge is 2.34. The first kappa shape index (κ1) is 22.4. The number of nitrogens with two attached hydrogens (primary N) is 4. The number of halogens is 2. The van der Waals surface area contributed by atoms with Crippen LogP contribution in [0.15, 0.2) is 61.4 Å². The van der Waals surface area contributed by atoms with Gasteiger partial charge in [0.15, 0.2) is 12.4 Å². The van der Waals surface area contributed by atoms with Gasteiger partial charge in [0.1, 0.15) is 12.4 Å². The third-order valence-corrected chi connectivity index (χ3v) is 5.84. The Bertz CT molecular complexity index is 1280. The summed E-state index contributed by atoms with van der Waals surface area (Å²) < 4.78 is 5.20. The van der Waals surface area contributed by atoms with Gasteiger partial charge in [0, 0.05) is 49.0 Å². The van der Waals surface area contributed by atoms with E-state index >= 15 is 0 Å². The van der Waals surface area contributed by atoms with Crippen molar-refractivity contribution in [2.45, 2.75) is 0 Å². The maximum absolute atomic E-state index is 6.87. The smallest absolute Gasteiger partial charge is 0.358 e. The second-order valence-corrected chi connectivity index (χ2v) is 8.38. The van der Waals surface area contributed by atoms with Crippen LogP contribution < -0.4 is 41.5 Å². The molecule has 0 saturated carbocycles. The Balaban J connectivity index is 2.01. The van der Waals surface area contributed by atoms with Crippen molar-refractivity contribution in [1.82, 2.24) is 4.98 Å². The van der Waals surface area contributed by atoms with Crippen LogP contribution in [0, 0.1) is 0 Å². The standard InChI is InChI=1S/C22H22Cl2N9/c1-30(2)13-3-7-31(8-4-13)20-18(23)21(32-9-5-14(25)16(27)11-32)29-22(19(20)24)33-10-6-15(26)17(28)12-33/h3-12,25-26H,27-28H2,1-2H3/q+1/p+2. The van der Waals surface area contributed by atoms with Crippen molar-refractivity contribution in [3.8, 4) is 17.3 Å². The van der Waals surface area contributed by atoms with Gasteiger partial charge < -0.3 is 27.8 Å². The fraction of sp³-hybridized carbons (Fsp3) is 0.0909. The van der Waals surface area contributed by atoms with E-state index in [1.54, 1.807) is 46.1 Å². The molecule has 168 valence electrons. The van der Waals surface area contributed by atoms with Crippen LogP contribution in [0.3, 0.4) is 0 Å². The monoisotopic (exact) mass is 484 g/mol. The zero-order valence-electron chi connectivity index (χ0n) is 18.1. The molecule has 4 aromatic rings. The fourth-order valence-corrected chi connectivity index (χ4v) is 3.97. The van der Waals surface area contributed by atoms with Gasteiger partial charge in [0.2, 0.25) is 10.0 Å². The van der Waals surface area contributed by atoms with E-state index in [2.05, 4.69) is 0 Å². The molecule has 0 aliphatic heterocycles. The van der Waals surface area contributed by atoms with Gasteiger partial charge in [-0.3, -0.25) is 0 Å². The first-order valence-electron chi connectivity index (χ1n) is 9.88. The SMILES string of the molecule is CN(C)c1cc[n+](-c2c(Cl)c(-[n+]3ccc(N)c(N)c3)nc(-[n+]3ccc(N)c(N)c3)c2Cl)cc1. The number of anilines is 5. The largest absolute Gasteiger partial charge is 0.397 e. The summed E-state index contributed by atoms with van der Waals surface area (Å²) in [6.07, 6.45) is 10.5. The molecule has 8 N–H and O–H groups in total. The van der Waals surface area contributed by atoms with E-state index < -0.39 is 0 Å². The lowest BCUT2D eigenvalue weighted by Crippen LogP contribution is -2.40. The van der Waals surface area contributed by atoms with E-state index in [9.17, 15) is 0 Å². The summed E-state index contributed by atoms with van der Waals surface area (Å²) in [4.78, 5) is 6.73. The Morgan fingerprint density at radius 1 is 0.667 bits per heavy atom.